The van der Waals surface area contributed by atoms with Gasteiger partial charge in [0.1, 0.15) is 13.2 Å². The maximum absolute atomic E-state index is 12.9. The van der Waals surface area contributed by atoms with E-state index in [1.165, 1.54) is 135 Å². The van der Waals surface area contributed by atoms with Crippen LogP contribution in [0.5, 0.6) is 0 Å². The van der Waals surface area contributed by atoms with Crippen LogP contribution in [-0.2, 0) is 28.6 Å². The number of unbranched alkanes of at least 4 members (excludes halogenated alkanes) is 33. The predicted octanol–water partition coefficient (Wildman–Crippen LogP) is 19.4. The molecule has 1 unspecified atom stereocenters. The zero-order valence-electron chi connectivity index (χ0n) is 44.9. The highest BCUT2D eigenvalue weighted by Gasteiger charge is 2.19. The third kappa shape index (κ3) is 53.8. The first-order chi connectivity index (χ1) is 33.5. The third-order valence-corrected chi connectivity index (χ3v) is 12.6. The molecule has 0 fully saturated rings. The van der Waals surface area contributed by atoms with E-state index in [2.05, 4.69) is 93.7 Å². The van der Waals surface area contributed by atoms with Gasteiger partial charge in [-0.15, -0.1) is 0 Å². The molecule has 6 heteroatoms. The van der Waals surface area contributed by atoms with Gasteiger partial charge in [0.25, 0.3) is 0 Å². The molecule has 0 amide bonds. The van der Waals surface area contributed by atoms with Crippen LogP contribution in [0.1, 0.15) is 284 Å². The molecule has 0 aromatic heterocycles. The van der Waals surface area contributed by atoms with Gasteiger partial charge in [0, 0.05) is 19.3 Å². The Hall–Kier alpha value is -3.15. The molecule has 6 nitrogen and oxygen atoms in total. The molecule has 1 atom stereocenters. The van der Waals surface area contributed by atoms with Gasteiger partial charge >= 0.3 is 17.9 Å². The number of esters is 3. The molecule has 0 radical (unpaired) electrons. The van der Waals surface area contributed by atoms with E-state index in [0.29, 0.717) is 19.3 Å². The SMILES string of the molecule is CC\C=C/C=C\C=C/CCCCCCCC(=O)OCC(COC(=O)CCCCCCCCCCCCCCCCCCCCC)OC(=O)CCCCCCC\C=C/C=C\C=C/CCCCCCC. The Balaban J connectivity index is 4.39. The van der Waals surface area contributed by atoms with Crippen LogP contribution in [0.4, 0.5) is 0 Å². The van der Waals surface area contributed by atoms with Crippen molar-refractivity contribution in [2.75, 3.05) is 13.2 Å². The van der Waals surface area contributed by atoms with Gasteiger partial charge in [0.2, 0.25) is 0 Å². The van der Waals surface area contributed by atoms with Crippen molar-refractivity contribution in [1.29, 1.82) is 0 Å². The van der Waals surface area contributed by atoms with Crippen LogP contribution < -0.4 is 0 Å². The van der Waals surface area contributed by atoms with Crippen LogP contribution in [0.2, 0.25) is 0 Å². The summed E-state index contributed by atoms with van der Waals surface area (Å²) in [6.45, 7) is 6.48. The van der Waals surface area contributed by atoms with Crippen LogP contribution in [-0.4, -0.2) is 37.2 Å². The Kier molecular flexibility index (Phi) is 53.8. The van der Waals surface area contributed by atoms with Crippen molar-refractivity contribution >= 4 is 17.9 Å². The minimum atomic E-state index is -0.794. The van der Waals surface area contributed by atoms with Crippen molar-refractivity contribution in [3.63, 3.8) is 0 Å². The van der Waals surface area contributed by atoms with Gasteiger partial charge in [-0.05, 0) is 64.2 Å². The minimum Gasteiger partial charge on any atom is -0.462 e. The number of ether oxygens (including phenoxy) is 3. The molecule has 0 saturated heterocycles. The lowest BCUT2D eigenvalue weighted by molar-refractivity contribution is -0.167. The number of rotatable bonds is 52. The Morgan fingerprint density at radius 3 is 0.882 bits per heavy atom. The van der Waals surface area contributed by atoms with E-state index in [-0.39, 0.29) is 31.1 Å². The topological polar surface area (TPSA) is 78.9 Å². The highest BCUT2D eigenvalue weighted by Crippen LogP contribution is 2.16. The van der Waals surface area contributed by atoms with Crippen molar-refractivity contribution in [1.82, 2.24) is 0 Å². The molecule has 0 aromatic rings. The average molecular weight is 950 g/mol. The third-order valence-electron chi connectivity index (χ3n) is 12.6. The summed E-state index contributed by atoms with van der Waals surface area (Å²) in [7, 11) is 0. The molecule has 0 spiro atoms. The molecule has 0 rings (SSSR count). The second kappa shape index (κ2) is 56.4. The fraction of sp³-hybridized carbons (Fsp3) is 0.758. The van der Waals surface area contributed by atoms with Gasteiger partial charge in [-0.3, -0.25) is 14.4 Å². The maximum atomic E-state index is 12.9. The zero-order valence-corrected chi connectivity index (χ0v) is 44.9. The van der Waals surface area contributed by atoms with Gasteiger partial charge in [-0.1, -0.05) is 273 Å². The summed E-state index contributed by atoms with van der Waals surface area (Å²) in [5, 5.41) is 0. The van der Waals surface area contributed by atoms with Crippen LogP contribution in [0.25, 0.3) is 0 Å². The molecule has 68 heavy (non-hydrogen) atoms. The number of carbonyl (C=O) groups excluding carboxylic acids is 3. The maximum Gasteiger partial charge on any atom is 0.306 e. The Morgan fingerprint density at radius 1 is 0.309 bits per heavy atom. The summed E-state index contributed by atoms with van der Waals surface area (Å²) < 4.78 is 16.8. The average Bonchev–Trinajstić information content (AvgIpc) is 3.34. The molecule has 0 aliphatic heterocycles. The smallest absolute Gasteiger partial charge is 0.306 e. The standard InChI is InChI=1S/C62H108O6/c1-4-7-10-13-16-19-22-25-27-29-31-33-34-37-40-43-46-49-52-55-61(64)67-58-59(57-66-60(63)54-51-48-45-42-39-36-24-21-18-15-12-9-6-3)68-62(65)56-53-50-47-44-41-38-35-32-30-28-26-23-20-17-14-11-8-5-2/h9,12,15,18,21,23-24,26,28,30,32,35,59H,4-8,10-11,13-14,16-17,19-20,22,25,27,29,31,33-34,36-58H2,1-3H3/b12-9-,18-15-,24-21-,26-23-,30-28-,35-32-. The molecule has 0 aliphatic carbocycles. The van der Waals surface area contributed by atoms with Crippen LogP contribution >= 0.6 is 0 Å². The lowest BCUT2D eigenvalue weighted by Crippen LogP contribution is -2.30. The molecule has 0 aromatic carbocycles. The second-order valence-electron chi connectivity index (χ2n) is 19.3. The molecule has 0 saturated carbocycles. The minimum absolute atomic E-state index is 0.0885. The number of hydrogen-bond acceptors (Lipinski definition) is 6. The number of allylic oxidation sites excluding steroid dienone is 12. The summed E-state index contributed by atoms with van der Waals surface area (Å²) in [6, 6.07) is 0. The summed E-state index contributed by atoms with van der Waals surface area (Å²) in [6.07, 6.45) is 71.8. The largest absolute Gasteiger partial charge is 0.462 e. The van der Waals surface area contributed by atoms with Crippen molar-refractivity contribution in [3.8, 4) is 0 Å². The van der Waals surface area contributed by atoms with E-state index in [4.69, 9.17) is 14.2 Å². The summed E-state index contributed by atoms with van der Waals surface area (Å²) in [4.78, 5) is 38.1. The second-order valence-corrected chi connectivity index (χ2v) is 19.3. The Labute approximate surface area is 421 Å². The molecule has 0 aliphatic rings. The number of carbonyl (C=O) groups is 3. The molecule has 0 heterocycles. The monoisotopic (exact) mass is 949 g/mol. The van der Waals surface area contributed by atoms with Crippen LogP contribution in [0, 0.1) is 0 Å². The van der Waals surface area contributed by atoms with E-state index >= 15 is 0 Å². The lowest BCUT2D eigenvalue weighted by atomic mass is 10.0. The van der Waals surface area contributed by atoms with Crippen molar-refractivity contribution in [3.05, 3.63) is 72.9 Å². The first-order valence-electron chi connectivity index (χ1n) is 29.0. The molecule has 0 bridgehead atoms. The fourth-order valence-electron chi connectivity index (χ4n) is 8.21. The highest BCUT2D eigenvalue weighted by atomic mass is 16.6. The summed E-state index contributed by atoms with van der Waals surface area (Å²) >= 11 is 0. The van der Waals surface area contributed by atoms with E-state index in [0.717, 1.165) is 109 Å². The van der Waals surface area contributed by atoms with Crippen LogP contribution in [0.3, 0.4) is 0 Å². The van der Waals surface area contributed by atoms with Gasteiger partial charge < -0.3 is 14.2 Å². The number of hydrogen-bond donors (Lipinski definition) is 0. The quantitative estimate of drug-likeness (QED) is 0.0262. The van der Waals surface area contributed by atoms with Crippen molar-refractivity contribution < 1.29 is 28.6 Å². The normalized spacial score (nSPS) is 12.6. The Morgan fingerprint density at radius 2 is 0.574 bits per heavy atom. The van der Waals surface area contributed by atoms with Crippen molar-refractivity contribution in [2.24, 2.45) is 0 Å². The zero-order chi connectivity index (χ0) is 49.3. The molecular formula is C62H108O6. The predicted molar refractivity (Wildman–Crippen MR) is 293 cm³/mol. The molecular weight excluding hydrogens is 841 g/mol. The molecule has 392 valence electrons. The first-order valence-corrected chi connectivity index (χ1v) is 29.0. The first kappa shape index (κ1) is 64.8. The summed E-state index contributed by atoms with van der Waals surface area (Å²) in [5.74, 6) is -0.920. The molecule has 0 N–H and O–H groups in total. The van der Waals surface area contributed by atoms with Gasteiger partial charge in [-0.2, -0.15) is 0 Å². The Bertz CT molecular complexity index is 1270. The van der Waals surface area contributed by atoms with E-state index in [1.54, 1.807) is 0 Å². The lowest BCUT2D eigenvalue weighted by Gasteiger charge is -2.18. The highest BCUT2D eigenvalue weighted by molar-refractivity contribution is 5.71. The van der Waals surface area contributed by atoms with Crippen molar-refractivity contribution in [2.45, 2.75) is 290 Å². The van der Waals surface area contributed by atoms with E-state index < -0.39 is 6.10 Å². The van der Waals surface area contributed by atoms with Crippen LogP contribution in [0.15, 0.2) is 72.9 Å². The van der Waals surface area contributed by atoms with Gasteiger partial charge in [-0.25, -0.2) is 0 Å². The van der Waals surface area contributed by atoms with Gasteiger partial charge in [0.15, 0.2) is 6.10 Å². The fourth-order valence-corrected chi connectivity index (χ4v) is 8.21. The van der Waals surface area contributed by atoms with Gasteiger partial charge in [0.05, 0.1) is 0 Å². The summed E-state index contributed by atoms with van der Waals surface area (Å²) in [5.41, 5.74) is 0. The van der Waals surface area contributed by atoms with E-state index in [1.807, 2.05) is 0 Å². The van der Waals surface area contributed by atoms with E-state index in [9.17, 15) is 14.4 Å².